The van der Waals surface area contributed by atoms with Gasteiger partial charge in [-0.05, 0) is 61.9 Å². The highest BCUT2D eigenvalue weighted by molar-refractivity contribution is 6.19. The van der Waals surface area contributed by atoms with E-state index in [-0.39, 0.29) is 0 Å². The van der Waals surface area contributed by atoms with Crippen molar-refractivity contribution in [3.63, 3.8) is 0 Å². The maximum Gasteiger partial charge on any atom is 0.108 e. The summed E-state index contributed by atoms with van der Waals surface area (Å²) < 4.78 is 0. The van der Waals surface area contributed by atoms with E-state index in [4.69, 9.17) is 10.2 Å². The van der Waals surface area contributed by atoms with Crippen LogP contribution in [0.15, 0.2) is 200 Å². The van der Waals surface area contributed by atoms with Gasteiger partial charge in [-0.2, -0.15) is 0 Å². The number of benzene rings is 8. The van der Waals surface area contributed by atoms with Gasteiger partial charge in [-0.25, -0.2) is 0 Å². The summed E-state index contributed by atoms with van der Waals surface area (Å²) in [5.41, 5.74) is 16.3. The van der Waals surface area contributed by atoms with Crippen molar-refractivity contribution in [3.8, 4) is 78.1 Å². The Kier molecular flexibility index (Phi) is 8.12. The first kappa shape index (κ1) is 32.2. The Morgan fingerprint density at radius 1 is 0.309 bits per heavy atom. The predicted octanol–water partition coefficient (Wildman–Crippen LogP) is 13.2. The summed E-state index contributed by atoms with van der Waals surface area (Å²) in [6.07, 6.45) is 0. The highest BCUT2D eigenvalue weighted by atomic mass is 15.3. The van der Waals surface area contributed by atoms with Gasteiger partial charge in [0.15, 0.2) is 0 Å². The van der Waals surface area contributed by atoms with Crippen LogP contribution in [0.5, 0.6) is 0 Å². The Hall–Kier alpha value is -7.43. The summed E-state index contributed by atoms with van der Waals surface area (Å²) >= 11 is 0. The van der Waals surface area contributed by atoms with E-state index in [1.807, 2.05) is 0 Å². The number of aromatic nitrogens is 4. The molecule has 0 aliphatic carbocycles. The fourth-order valence-corrected chi connectivity index (χ4v) is 8.05. The van der Waals surface area contributed by atoms with Crippen LogP contribution < -0.4 is 0 Å². The Bertz CT molecular complexity index is 2950. The smallest absolute Gasteiger partial charge is 0.108 e. The molecule has 1 N–H and O–H groups in total. The molecule has 0 spiro atoms. The molecule has 0 unspecified atom stereocenters. The van der Waals surface area contributed by atoms with Crippen LogP contribution in [0.25, 0.3) is 100.0 Å². The third-order valence-corrected chi connectivity index (χ3v) is 10.5. The first-order valence-electron chi connectivity index (χ1n) is 18.5. The molecule has 0 aliphatic rings. The zero-order valence-corrected chi connectivity index (χ0v) is 29.9. The van der Waals surface area contributed by atoms with E-state index in [0.29, 0.717) is 0 Å². The van der Waals surface area contributed by atoms with E-state index in [9.17, 15) is 0 Å². The summed E-state index contributed by atoms with van der Waals surface area (Å²) in [6, 6.07) is 70.4. The van der Waals surface area contributed by atoms with Crippen molar-refractivity contribution >= 4 is 21.8 Å². The van der Waals surface area contributed by atoms with Crippen LogP contribution in [0, 0.1) is 0 Å². The van der Waals surface area contributed by atoms with Crippen LogP contribution in [0.4, 0.5) is 0 Å². The first-order valence-corrected chi connectivity index (χ1v) is 18.5. The number of nitrogens with one attached hydrogen (secondary N) is 1. The van der Waals surface area contributed by atoms with E-state index in [1.54, 1.807) is 0 Å². The molecule has 4 nitrogen and oxygen atoms in total. The summed E-state index contributed by atoms with van der Waals surface area (Å²) in [5, 5.41) is 17.0. The number of hydrogen-bond acceptors (Lipinski definition) is 3. The monoisotopic (exact) mass is 702 g/mol. The number of aromatic amines is 1. The molecule has 0 atom stereocenters. The van der Waals surface area contributed by atoms with Crippen molar-refractivity contribution in [3.05, 3.63) is 200 Å². The summed E-state index contributed by atoms with van der Waals surface area (Å²) in [6.45, 7) is 0. The number of nitrogens with zero attached hydrogens (tertiary/aromatic N) is 3. The molecule has 4 heteroatoms. The Morgan fingerprint density at radius 3 is 1.38 bits per heavy atom. The zero-order chi connectivity index (χ0) is 36.6. The number of fused-ring (bicyclic) bond motifs is 3. The van der Waals surface area contributed by atoms with E-state index in [2.05, 4.69) is 210 Å². The normalized spacial score (nSPS) is 11.3. The summed E-state index contributed by atoms with van der Waals surface area (Å²) in [5.74, 6) is 0. The van der Waals surface area contributed by atoms with E-state index in [1.165, 1.54) is 0 Å². The molecule has 0 saturated heterocycles. The maximum atomic E-state index is 5.11. The Balaban J connectivity index is 1.41. The topological polar surface area (TPSA) is 54.5 Å². The van der Waals surface area contributed by atoms with Crippen molar-refractivity contribution in [1.29, 1.82) is 0 Å². The van der Waals surface area contributed by atoms with Gasteiger partial charge in [0.25, 0.3) is 0 Å². The van der Waals surface area contributed by atoms with Crippen LogP contribution >= 0.6 is 0 Å². The Morgan fingerprint density at radius 2 is 0.764 bits per heavy atom. The van der Waals surface area contributed by atoms with Gasteiger partial charge >= 0.3 is 0 Å². The molecule has 0 bridgehead atoms. The van der Waals surface area contributed by atoms with Crippen molar-refractivity contribution in [2.75, 3.05) is 0 Å². The van der Waals surface area contributed by atoms with Crippen LogP contribution in [-0.4, -0.2) is 20.4 Å². The molecule has 2 aromatic heterocycles. The van der Waals surface area contributed by atoms with Gasteiger partial charge in [0.2, 0.25) is 0 Å². The molecular weight excluding hydrogens is 669 g/mol. The lowest BCUT2D eigenvalue weighted by Crippen LogP contribution is -2.04. The SMILES string of the molecule is c1ccc(-c2ccccc2-c2nnnc(-c3c(-c4ccccc4)c(-c4ccccc4)cc4c3[nH]c3ccccc34)c2-c2ccccc2-c2ccccc2)cc1. The maximum absolute atomic E-state index is 5.11. The van der Waals surface area contributed by atoms with Crippen molar-refractivity contribution in [2.45, 2.75) is 0 Å². The molecule has 0 saturated carbocycles. The molecule has 8 aromatic carbocycles. The number of hydrogen-bond donors (Lipinski definition) is 1. The summed E-state index contributed by atoms with van der Waals surface area (Å²) in [4.78, 5) is 3.87. The highest BCUT2D eigenvalue weighted by Gasteiger charge is 2.28. The molecule has 258 valence electrons. The van der Waals surface area contributed by atoms with E-state index >= 15 is 0 Å². The van der Waals surface area contributed by atoms with Crippen molar-refractivity contribution < 1.29 is 0 Å². The average Bonchev–Trinajstić information content (AvgIpc) is 3.65. The number of para-hydroxylation sites is 1. The van der Waals surface area contributed by atoms with Crippen LogP contribution in [0.2, 0.25) is 0 Å². The van der Waals surface area contributed by atoms with Gasteiger partial charge in [0, 0.05) is 38.5 Å². The predicted molar refractivity (Wildman–Crippen MR) is 227 cm³/mol. The molecule has 0 aliphatic heterocycles. The Labute approximate surface area is 319 Å². The lowest BCUT2D eigenvalue weighted by molar-refractivity contribution is 0.879. The van der Waals surface area contributed by atoms with Crippen LogP contribution in [0.1, 0.15) is 0 Å². The second-order valence-electron chi connectivity index (χ2n) is 13.7. The largest absolute Gasteiger partial charge is 0.354 e. The fourth-order valence-electron chi connectivity index (χ4n) is 8.05. The van der Waals surface area contributed by atoms with Crippen molar-refractivity contribution in [1.82, 2.24) is 20.4 Å². The molecule has 55 heavy (non-hydrogen) atoms. The van der Waals surface area contributed by atoms with Crippen LogP contribution in [0.3, 0.4) is 0 Å². The standard InChI is InChI=1S/C51H34N4/c1-5-19-34(20-6-1)38-27-13-15-30-41(38)47-50(42-31-16-14-28-39(42)35-21-7-2-8-22-35)53-55-54-51(47)48-46(37-25-11-4-12-26-37)43(36-23-9-3-10-24-36)33-44-40-29-17-18-32-45(40)52-49(44)48/h1-33,52H. The molecule has 10 rings (SSSR count). The molecule has 10 aromatic rings. The lowest BCUT2D eigenvalue weighted by atomic mass is 9.83. The number of H-pyrrole nitrogens is 1. The van der Waals surface area contributed by atoms with Crippen LogP contribution in [-0.2, 0) is 0 Å². The van der Waals surface area contributed by atoms with Crippen molar-refractivity contribution in [2.24, 2.45) is 0 Å². The molecule has 0 radical (unpaired) electrons. The van der Waals surface area contributed by atoms with Gasteiger partial charge in [-0.3, -0.25) is 0 Å². The van der Waals surface area contributed by atoms with E-state index < -0.39 is 0 Å². The third kappa shape index (κ3) is 5.68. The van der Waals surface area contributed by atoms with Gasteiger partial charge in [0.05, 0.1) is 5.52 Å². The van der Waals surface area contributed by atoms with Gasteiger partial charge < -0.3 is 4.98 Å². The third-order valence-electron chi connectivity index (χ3n) is 10.5. The fraction of sp³-hybridized carbons (Fsp3) is 0. The quantitative estimate of drug-likeness (QED) is 0.180. The average molecular weight is 703 g/mol. The molecule has 0 amide bonds. The lowest BCUT2D eigenvalue weighted by Gasteiger charge is -2.22. The summed E-state index contributed by atoms with van der Waals surface area (Å²) in [7, 11) is 0. The van der Waals surface area contributed by atoms with Gasteiger partial charge in [-0.1, -0.05) is 188 Å². The van der Waals surface area contributed by atoms with Gasteiger partial charge in [-0.15, -0.1) is 10.2 Å². The minimum atomic E-state index is 0.754. The minimum Gasteiger partial charge on any atom is -0.354 e. The molecule has 0 fully saturated rings. The van der Waals surface area contributed by atoms with E-state index in [0.717, 1.165) is 100.0 Å². The minimum absolute atomic E-state index is 0.754. The highest BCUT2D eigenvalue weighted by Crippen LogP contribution is 2.50. The number of rotatable bonds is 7. The second-order valence-corrected chi connectivity index (χ2v) is 13.7. The molecule has 2 heterocycles. The first-order chi connectivity index (χ1) is 27.3. The van der Waals surface area contributed by atoms with Gasteiger partial charge in [0.1, 0.15) is 11.4 Å². The molecular formula is C51H34N4. The zero-order valence-electron chi connectivity index (χ0n) is 29.9. The second kappa shape index (κ2) is 13.8.